The second-order valence-electron chi connectivity index (χ2n) is 12.7. The van der Waals surface area contributed by atoms with Gasteiger partial charge in [0.05, 0.1) is 14.2 Å². The van der Waals surface area contributed by atoms with Gasteiger partial charge in [-0.15, -0.1) is 0 Å². The van der Waals surface area contributed by atoms with Crippen LogP contribution in [0.25, 0.3) is 0 Å². The molecule has 2 aliphatic heterocycles. The lowest BCUT2D eigenvalue weighted by Gasteiger charge is -2.32. The minimum Gasteiger partial charge on any atom is -0.497 e. The maximum absolute atomic E-state index is 12.3. The van der Waals surface area contributed by atoms with Gasteiger partial charge in [-0.1, -0.05) is 30.3 Å². The molecule has 0 bridgehead atoms. The summed E-state index contributed by atoms with van der Waals surface area (Å²) in [6.45, 7) is 3.86. The average Bonchev–Trinajstić information content (AvgIpc) is 3.16. The summed E-state index contributed by atoms with van der Waals surface area (Å²) in [5.74, 6) is 1.94. The highest BCUT2D eigenvalue weighted by atomic mass is 16.5. The van der Waals surface area contributed by atoms with Crippen LogP contribution >= 0.6 is 0 Å². The Bertz CT molecular complexity index is 1350. The zero-order valence-corrected chi connectivity index (χ0v) is 29.3. The molecule has 2 heterocycles. The van der Waals surface area contributed by atoms with E-state index in [4.69, 9.17) is 19.9 Å². The first-order valence-electron chi connectivity index (χ1n) is 17.4. The van der Waals surface area contributed by atoms with Gasteiger partial charge in [0.2, 0.25) is 11.8 Å². The van der Waals surface area contributed by atoms with Gasteiger partial charge in [0, 0.05) is 57.7 Å². The number of hydrogen-bond acceptors (Lipinski definition) is 8. The Kier molecular flexibility index (Phi) is 17.7. The first kappa shape index (κ1) is 39.9. The fourth-order valence-electron chi connectivity index (χ4n) is 6.27. The molecule has 14 nitrogen and oxygen atoms in total. The van der Waals surface area contributed by atoms with Crippen molar-refractivity contribution < 1.29 is 39.1 Å². The highest BCUT2D eigenvalue weighted by molar-refractivity contribution is 5.75. The highest BCUT2D eigenvalue weighted by Gasteiger charge is 2.24. The molecule has 2 aromatic rings. The van der Waals surface area contributed by atoms with E-state index in [0.717, 1.165) is 100 Å². The number of para-hydroxylation sites is 1. The zero-order valence-electron chi connectivity index (χ0n) is 29.3. The van der Waals surface area contributed by atoms with Gasteiger partial charge >= 0.3 is 12.1 Å². The maximum Gasteiger partial charge on any atom is 0.317 e. The van der Waals surface area contributed by atoms with Crippen LogP contribution in [0.1, 0.15) is 75.3 Å². The molecule has 0 spiro atoms. The van der Waals surface area contributed by atoms with Crippen molar-refractivity contribution in [3.8, 4) is 11.5 Å². The van der Waals surface area contributed by atoms with Crippen molar-refractivity contribution in [2.24, 2.45) is 11.8 Å². The van der Waals surface area contributed by atoms with Crippen molar-refractivity contribution in [2.45, 2.75) is 77.3 Å². The van der Waals surface area contributed by atoms with E-state index in [2.05, 4.69) is 10.6 Å². The van der Waals surface area contributed by atoms with Gasteiger partial charge in [-0.25, -0.2) is 20.5 Å². The molecule has 2 fully saturated rings. The highest BCUT2D eigenvalue weighted by Crippen LogP contribution is 2.24. The number of rotatable bonds is 14. The van der Waals surface area contributed by atoms with Crippen LogP contribution < -0.4 is 31.1 Å². The molecule has 2 saturated heterocycles. The predicted octanol–water partition coefficient (Wildman–Crippen LogP) is 4.59. The van der Waals surface area contributed by atoms with Crippen molar-refractivity contribution in [2.75, 3.05) is 40.4 Å². The normalized spacial score (nSPS) is 14.9. The summed E-state index contributed by atoms with van der Waals surface area (Å²) in [7, 11) is 3.24. The lowest BCUT2D eigenvalue weighted by molar-refractivity contribution is -0.130. The van der Waals surface area contributed by atoms with Gasteiger partial charge in [-0.3, -0.25) is 20.0 Å². The number of carbonyl (C=O) groups is 4. The molecule has 0 aliphatic carbocycles. The van der Waals surface area contributed by atoms with E-state index in [-0.39, 0.29) is 23.9 Å². The number of nitrogens with one attached hydrogen (secondary N) is 4. The van der Waals surface area contributed by atoms with Crippen LogP contribution in [0.4, 0.5) is 9.59 Å². The SMILES string of the molecule is COc1cccc(CNC(=O)N2CCC(CCCC(=O)NO)CC2)c1.COc1ccccc1CNC(=O)N1CCC(CCCC(=O)NO)CC1. The number of urea groups is 2. The third-order valence-corrected chi connectivity index (χ3v) is 9.29. The Balaban J connectivity index is 0.000000270. The molecule has 0 aromatic heterocycles. The molecule has 50 heavy (non-hydrogen) atoms. The molecule has 276 valence electrons. The topological polar surface area (TPSA) is 182 Å². The number of likely N-dealkylation sites (tertiary alicyclic amines) is 2. The second-order valence-corrected chi connectivity index (χ2v) is 12.7. The van der Waals surface area contributed by atoms with Gasteiger partial charge in [0.15, 0.2) is 0 Å². The number of benzene rings is 2. The van der Waals surface area contributed by atoms with Gasteiger partial charge in [0.1, 0.15) is 11.5 Å². The van der Waals surface area contributed by atoms with E-state index < -0.39 is 0 Å². The minimum absolute atomic E-state index is 0.0408. The minimum atomic E-state index is -0.340. The summed E-state index contributed by atoms with van der Waals surface area (Å²) in [5.41, 5.74) is 5.26. The van der Waals surface area contributed by atoms with Crippen LogP contribution in [0.5, 0.6) is 11.5 Å². The van der Waals surface area contributed by atoms with Crippen molar-refractivity contribution in [3.05, 3.63) is 59.7 Å². The number of methoxy groups -OCH3 is 2. The lowest BCUT2D eigenvalue weighted by Crippen LogP contribution is -2.44. The molecule has 2 aliphatic rings. The number of nitrogens with zero attached hydrogens (tertiary/aromatic N) is 2. The summed E-state index contributed by atoms with van der Waals surface area (Å²) < 4.78 is 10.5. The van der Waals surface area contributed by atoms with Crippen molar-refractivity contribution in [1.82, 2.24) is 31.4 Å². The summed E-state index contributed by atoms with van der Waals surface area (Å²) in [5, 5.41) is 22.8. The summed E-state index contributed by atoms with van der Waals surface area (Å²) in [6.07, 6.45) is 7.91. The standard InChI is InChI=1S/2C18H27N3O4/c1-25-16-6-2-5-15(12-16)13-19-18(23)21-10-8-14(9-11-21)4-3-7-17(22)20-24;1-25-16-7-3-2-6-15(16)13-19-18(23)21-11-9-14(10-12-21)5-4-8-17(22)20-24/h2,5-6,12,14,24H,3-4,7-11,13H2,1H3,(H,19,23)(H,20,22);2-3,6-7,14,24H,4-5,8-13H2,1H3,(H,19,23)(H,20,22). The molecule has 0 unspecified atom stereocenters. The number of ether oxygens (including phenoxy) is 2. The van der Waals surface area contributed by atoms with Crippen LogP contribution in [0.2, 0.25) is 0 Å². The third-order valence-electron chi connectivity index (χ3n) is 9.29. The number of hydrogen-bond donors (Lipinski definition) is 6. The summed E-state index contributed by atoms with van der Waals surface area (Å²) >= 11 is 0. The molecule has 2 aromatic carbocycles. The van der Waals surface area contributed by atoms with E-state index in [1.807, 2.05) is 58.3 Å². The molecule has 0 atom stereocenters. The Morgan fingerprint density at radius 3 is 1.72 bits per heavy atom. The molecule has 6 N–H and O–H groups in total. The second kappa shape index (κ2) is 22.2. The average molecular weight is 699 g/mol. The fourth-order valence-corrected chi connectivity index (χ4v) is 6.27. The third kappa shape index (κ3) is 14.1. The molecule has 14 heteroatoms. The Hall–Kier alpha value is -4.56. The van der Waals surface area contributed by atoms with Crippen LogP contribution in [0.3, 0.4) is 0 Å². The Morgan fingerprint density at radius 2 is 1.22 bits per heavy atom. The summed E-state index contributed by atoms with van der Waals surface area (Å²) in [4.78, 5) is 50.3. The predicted molar refractivity (Wildman–Crippen MR) is 187 cm³/mol. The molecule has 4 rings (SSSR count). The van der Waals surface area contributed by atoms with Gasteiger partial charge in [0.25, 0.3) is 0 Å². The van der Waals surface area contributed by atoms with Crippen molar-refractivity contribution >= 4 is 23.9 Å². The van der Waals surface area contributed by atoms with Crippen LogP contribution in [-0.2, 0) is 22.7 Å². The lowest BCUT2D eigenvalue weighted by atomic mass is 9.91. The van der Waals surface area contributed by atoms with Gasteiger partial charge in [-0.2, -0.15) is 0 Å². The number of amides is 6. The van der Waals surface area contributed by atoms with E-state index in [0.29, 0.717) is 37.8 Å². The number of hydroxylamine groups is 2. The number of piperidine rings is 2. The fraction of sp³-hybridized carbons (Fsp3) is 0.556. The number of carbonyl (C=O) groups excluding carboxylic acids is 4. The quantitative estimate of drug-likeness (QED) is 0.122. The van der Waals surface area contributed by atoms with Gasteiger partial charge in [-0.05, 0) is 87.0 Å². The van der Waals surface area contributed by atoms with Crippen molar-refractivity contribution in [3.63, 3.8) is 0 Å². The molecular weight excluding hydrogens is 644 g/mol. The molecule has 6 amide bonds. The largest absolute Gasteiger partial charge is 0.497 e. The maximum atomic E-state index is 12.3. The Morgan fingerprint density at radius 1 is 0.700 bits per heavy atom. The molecule has 0 saturated carbocycles. The van der Waals surface area contributed by atoms with Crippen LogP contribution in [0, 0.1) is 11.8 Å². The zero-order chi connectivity index (χ0) is 36.1. The first-order valence-corrected chi connectivity index (χ1v) is 17.4. The van der Waals surface area contributed by atoms with Crippen LogP contribution in [0.15, 0.2) is 48.5 Å². The van der Waals surface area contributed by atoms with E-state index in [9.17, 15) is 19.2 Å². The van der Waals surface area contributed by atoms with E-state index >= 15 is 0 Å². The first-order chi connectivity index (χ1) is 24.3. The summed E-state index contributed by atoms with van der Waals surface area (Å²) in [6, 6.07) is 15.2. The molecule has 0 radical (unpaired) electrons. The monoisotopic (exact) mass is 698 g/mol. The van der Waals surface area contributed by atoms with Gasteiger partial charge < -0.3 is 29.9 Å². The van der Waals surface area contributed by atoms with Crippen LogP contribution in [-0.4, -0.2) is 84.5 Å². The van der Waals surface area contributed by atoms with E-state index in [1.165, 1.54) is 0 Å². The van der Waals surface area contributed by atoms with Crippen molar-refractivity contribution in [1.29, 1.82) is 0 Å². The van der Waals surface area contributed by atoms with E-state index in [1.54, 1.807) is 25.2 Å². The molecular formula is C36H54N6O8. The Labute approximate surface area is 294 Å². The smallest absolute Gasteiger partial charge is 0.317 e.